The fourth-order valence-corrected chi connectivity index (χ4v) is 3.51. The van der Waals surface area contributed by atoms with E-state index in [1.54, 1.807) is 18.2 Å². The summed E-state index contributed by atoms with van der Waals surface area (Å²) in [5, 5.41) is 4.54. The molecule has 0 bridgehead atoms. The molecular weight excluding hydrogens is 360 g/mol. The minimum Gasteiger partial charge on any atom is -0.383 e. The van der Waals surface area contributed by atoms with E-state index >= 15 is 0 Å². The lowest BCUT2D eigenvalue weighted by Crippen LogP contribution is -2.36. The number of aromatic amines is 1. The molecule has 9 heteroatoms. The molecule has 25 heavy (non-hydrogen) atoms. The van der Waals surface area contributed by atoms with Gasteiger partial charge in [-0.15, -0.1) is 22.7 Å². The standard InChI is InChI=1S/C16H16N4O3S2/c1-23-6-5-20(10-13-17-4-8-25-13)16(22)11-9-18-14(19-15(11)21)12-3-2-7-24-12/h2-4,7-9H,5-6,10H2,1H3,(H,18,19,21). The highest BCUT2D eigenvalue weighted by Crippen LogP contribution is 2.19. The van der Waals surface area contributed by atoms with Crippen LogP contribution in [-0.4, -0.2) is 46.0 Å². The predicted octanol–water partition coefficient (Wildman–Crippen LogP) is 2.24. The number of nitrogens with zero attached hydrogens (tertiary/aromatic N) is 3. The van der Waals surface area contributed by atoms with Gasteiger partial charge in [-0.3, -0.25) is 9.59 Å². The Morgan fingerprint density at radius 2 is 2.20 bits per heavy atom. The van der Waals surface area contributed by atoms with Gasteiger partial charge in [0.1, 0.15) is 16.4 Å². The van der Waals surface area contributed by atoms with Crippen LogP contribution in [0.2, 0.25) is 0 Å². The van der Waals surface area contributed by atoms with Crippen molar-refractivity contribution in [2.45, 2.75) is 6.54 Å². The first-order valence-corrected chi connectivity index (χ1v) is 9.24. The normalized spacial score (nSPS) is 10.8. The summed E-state index contributed by atoms with van der Waals surface area (Å²) in [5.41, 5.74) is -0.446. The number of aromatic nitrogens is 3. The molecule has 0 aliphatic heterocycles. The fourth-order valence-electron chi connectivity index (χ4n) is 2.20. The molecule has 3 aromatic heterocycles. The largest absolute Gasteiger partial charge is 0.383 e. The second-order valence-electron chi connectivity index (χ2n) is 5.10. The first kappa shape index (κ1) is 17.5. The van der Waals surface area contributed by atoms with Gasteiger partial charge in [-0.2, -0.15) is 0 Å². The third-order valence-corrected chi connectivity index (χ3v) is 5.09. The zero-order valence-corrected chi connectivity index (χ0v) is 15.1. The highest BCUT2D eigenvalue weighted by molar-refractivity contribution is 7.13. The molecule has 7 nitrogen and oxygen atoms in total. The maximum absolute atomic E-state index is 12.8. The van der Waals surface area contributed by atoms with Gasteiger partial charge < -0.3 is 14.6 Å². The summed E-state index contributed by atoms with van der Waals surface area (Å²) in [6, 6.07) is 3.73. The highest BCUT2D eigenvalue weighted by atomic mass is 32.1. The van der Waals surface area contributed by atoms with Crippen LogP contribution in [0.5, 0.6) is 0 Å². The Morgan fingerprint density at radius 1 is 1.32 bits per heavy atom. The van der Waals surface area contributed by atoms with Crippen molar-refractivity contribution in [1.82, 2.24) is 19.9 Å². The smallest absolute Gasteiger partial charge is 0.264 e. The summed E-state index contributed by atoms with van der Waals surface area (Å²) in [6.07, 6.45) is 3.01. The van der Waals surface area contributed by atoms with Crippen LogP contribution in [0.4, 0.5) is 0 Å². The third kappa shape index (κ3) is 4.19. The Kier molecular flexibility index (Phi) is 5.69. The Bertz CT molecular complexity index is 875. The van der Waals surface area contributed by atoms with Gasteiger partial charge in [-0.1, -0.05) is 6.07 Å². The summed E-state index contributed by atoms with van der Waals surface area (Å²) in [7, 11) is 1.57. The van der Waals surface area contributed by atoms with Gasteiger partial charge in [0, 0.05) is 31.4 Å². The molecule has 0 aliphatic rings. The number of nitrogens with one attached hydrogen (secondary N) is 1. The Hall–Kier alpha value is -2.36. The van der Waals surface area contributed by atoms with Gasteiger partial charge in [-0.05, 0) is 11.4 Å². The van der Waals surface area contributed by atoms with E-state index in [0.717, 1.165) is 9.88 Å². The van der Waals surface area contributed by atoms with E-state index in [9.17, 15) is 9.59 Å². The van der Waals surface area contributed by atoms with E-state index < -0.39 is 11.5 Å². The highest BCUT2D eigenvalue weighted by Gasteiger charge is 2.21. The van der Waals surface area contributed by atoms with Gasteiger partial charge in [0.25, 0.3) is 11.5 Å². The van der Waals surface area contributed by atoms with E-state index in [-0.39, 0.29) is 5.56 Å². The molecule has 3 aromatic rings. The zero-order chi connectivity index (χ0) is 17.6. The summed E-state index contributed by atoms with van der Waals surface area (Å²) in [6.45, 7) is 1.06. The Balaban J connectivity index is 1.84. The minimum atomic E-state index is -0.454. The lowest BCUT2D eigenvalue weighted by Gasteiger charge is -2.20. The van der Waals surface area contributed by atoms with Crippen molar-refractivity contribution in [1.29, 1.82) is 0 Å². The van der Waals surface area contributed by atoms with Crippen molar-refractivity contribution in [2.75, 3.05) is 20.3 Å². The van der Waals surface area contributed by atoms with E-state index in [1.165, 1.54) is 28.9 Å². The molecular formula is C16H16N4O3S2. The summed E-state index contributed by atoms with van der Waals surface area (Å²) >= 11 is 2.92. The summed E-state index contributed by atoms with van der Waals surface area (Å²) in [4.78, 5) is 38.6. The van der Waals surface area contributed by atoms with Crippen LogP contribution in [0.25, 0.3) is 10.7 Å². The number of carbonyl (C=O) groups excluding carboxylic acids is 1. The van der Waals surface area contributed by atoms with Gasteiger partial charge in [0.05, 0.1) is 18.0 Å². The molecule has 130 valence electrons. The van der Waals surface area contributed by atoms with Crippen molar-refractivity contribution in [3.63, 3.8) is 0 Å². The number of hydrogen-bond acceptors (Lipinski definition) is 7. The molecule has 0 saturated carbocycles. The van der Waals surface area contributed by atoms with Crippen LogP contribution >= 0.6 is 22.7 Å². The van der Waals surface area contributed by atoms with Gasteiger partial charge in [0.2, 0.25) is 0 Å². The maximum Gasteiger partial charge on any atom is 0.264 e. The zero-order valence-electron chi connectivity index (χ0n) is 13.5. The molecule has 3 heterocycles. The maximum atomic E-state index is 12.8. The van der Waals surface area contributed by atoms with Crippen molar-refractivity contribution < 1.29 is 9.53 Å². The molecule has 1 amide bonds. The van der Waals surface area contributed by atoms with Crippen LogP contribution < -0.4 is 5.56 Å². The van der Waals surface area contributed by atoms with Crippen molar-refractivity contribution in [2.24, 2.45) is 0 Å². The first-order chi connectivity index (χ1) is 12.2. The quantitative estimate of drug-likeness (QED) is 0.683. The molecule has 0 radical (unpaired) electrons. The lowest BCUT2D eigenvalue weighted by atomic mass is 10.2. The number of amides is 1. The second kappa shape index (κ2) is 8.15. The fraction of sp³-hybridized carbons (Fsp3) is 0.250. The monoisotopic (exact) mass is 376 g/mol. The molecule has 0 saturated heterocycles. The summed E-state index contributed by atoms with van der Waals surface area (Å²) in [5.74, 6) is 0.0682. The first-order valence-electron chi connectivity index (χ1n) is 7.49. The van der Waals surface area contributed by atoms with Crippen LogP contribution in [0, 0.1) is 0 Å². The van der Waals surface area contributed by atoms with Gasteiger partial charge >= 0.3 is 0 Å². The topological polar surface area (TPSA) is 88.2 Å². The molecule has 0 unspecified atom stereocenters. The van der Waals surface area contributed by atoms with Crippen LogP contribution in [0.15, 0.2) is 40.1 Å². The molecule has 1 N–H and O–H groups in total. The lowest BCUT2D eigenvalue weighted by molar-refractivity contribution is 0.0678. The SMILES string of the molecule is COCCN(Cc1nccs1)C(=O)c1cnc(-c2cccs2)[nH]c1=O. The molecule has 0 atom stereocenters. The van der Waals surface area contributed by atoms with Crippen LogP contribution in [0.3, 0.4) is 0 Å². The van der Waals surface area contributed by atoms with Crippen molar-refractivity contribution in [3.8, 4) is 10.7 Å². The number of thiazole rings is 1. The molecule has 0 aliphatic carbocycles. The van der Waals surface area contributed by atoms with E-state index in [4.69, 9.17) is 4.74 Å². The predicted molar refractivity (Wildman–Crippen MR) is 96.9 cm³/mol. The van der Waals surface area contributed by atoms with Gasteiger partial charge in [-0.25, -0.2) is 9.97 Å². The molecule has 0 aromatic carbocycles. The van der Waals surface area contributed by atoms with Crippen LogP contribution in [0.1, 0.15) is 15.4 Å². The number of rotatable bonds is 7. The average molecular weight is 376 g/mol. The van der Waals surface area contributed by atoms with Crippen LogP contribution in [-0.2, 0) is 11.3 Å². The van der Waals surface area contributed by atoms with E-state index in [2.05, 4.69) is 15.0 Å². The number of methoxy groups -OCH3 is 1. The number of hydrogen-bond donors (Lipinski definition) is 1. The van der Waals surface area contributed by atoms with E-state index in [0.29, 0.717) is 25.5 Å². The van der Waals surface area contributed by atoms with Crippen molar-refractivity contribution in [3.05, 3.63) is 56.2 Å². The molecule has 0 spiro atoms. The second-order valence-corrected chi connectivity index (χ2v) is 7.02. The van der Waals surface area contributed by atoms with E-state index in [1.807, 2.05) is 22.9 Å². The van der Waals surface area contributed by atoms with Gasteiger partial charge in [0.15, 0.2) is 0 Å². The third-order valence-electron chi connectivity index (χ3n) is 3.45. The average Bonchev–Trinajstić information content (AvgIpc) is 3.31. The number of H-pyrrole nitrogens is 1. The number of thiophene rings is 1. The number of carbonyl (C=O) groups is 1. The Labute approximate surface area is 152 Å². The molecule has 0 fully saturated rings. The van der Waals surface area contributed by atoms with Crippen molar-refractivity contribution >= 4 is 28.6 Å². The Morgan fingerprint density at radius 3 is 2.84 bits per heavy atom. The minimum absolute atomic E-state index is 0.00738. The summed E-state index contributed by atoms with van der Waals surface area (Å²) < 4.78 is 5.06. The number of ether oxygens (including phenoxy) is 1. The molecule has 3 rings (SSSR count).